The summed E-state index contributed by atoms with van der Waals surface area (Å²) < 4.78 is 3.47. The fourth-order valence-corrected chi connectivity index (χ4v) is 5.66. The summed E-state index contributed by atoms with van der Waals surface area (Å²) in [5, 5.41) is 18.1. The normalized spacial score (nSPS) is 30.5. The smallest absolute Gasteiger partial charge is 0.115 e. The van der Waals surface area contributed by atoms with Crippen molar-refractivity contribution in [1.82, 2.24) is 19.9 Å². The molecule has 3 atom stereocenters. The van der Waals surface area contributed by atoms with Gasteiger partial charge in [0, 0.05) is 35.8 Å². The van der Waals surface area contributed by atoms with Crippen molar-refractivity contribution in [1.29, 1.82) is 0 Å². The number of pyridine rings is 1. The van der Waals surface area contributed by atoms with Crippen molar-refractivity contribution in [3.63, 3.8) is 0 Å². The maximum Gasteiger partial charge on any atom is 0.115 e. The van der Waals surface area contributed by atoms with Gasteiger partial charge in [0.25, 0.3) is 0 Å². The van der Waals surface area contributed by atoms with Gasteiger partial charge in [-0.05, 0) is 31.6 Å². The number of halogens is 1. The lowest BCUT2D eigenvalue weighted by atomic mass is 9.65. The predicted molar refractivity (Wildman–Crippen MR) is 114 cm³/mol. The zero-order valence-corrected chi connectivity index (χ0v) is 17.8. The molecule has 0 amide bonds. The van der Waals surface area contributed by atoms with Gasteiger partial charge in [-0.2, -0.15) is 5.10 Å². The third kappa shape index (κ3) is 3.12. The number of hydrogen-bond acceptors (Lipinski definition) is 5. The minimum Gasteiger partial charge on any atom is -0.386 e. The van der Waals surface area contributed by atoms with Crippen molar-refractivity contribution in [3.8, 4) is 0 Å². The molecular formula is C21H25ClN4OS. The third-order valence-corrected chi connectivity index (χ3v) is 7.81. The highest BCUT2D eigenvalue weighted by molar-refractivity contribution is 7.97. The highest BCUT2D eigenvalue weighted by Gasteiger charge is 2.54. The Bertz CT molecular complexity index is 920. The first-order chi connectivity index (χ1) is 13.3. The van der Waals surface area contributed by atoms with Gasteiger partial charge in [0.1, 0.15) is 4.87 Å². The SMILES string of the molecule is CC(C)(O)C1=CC(Cl)(c2ccccn2)C(C)(C2SNCCc3[nH]ncc32)C=C1. The molecule has 3 unspecified atom stereocenters. The van der Waals surface area contributed by atoms with Gasteiger partial charge in [0.2, 0.25) is 0 Å². The van der Waals surface area contributed by atoms with Gasteiger partial charge in [0.15, 0.2) is 0 Å². The van der Waals surface area contributed by atoms with E-state index in [1.54, 1.807) is 32.0 Å². The Kier molecular flexibility index (Phi) is 4.94. The minimum atomic E-state index is -0.998. The van der Waals surface area contributed by atoms with E-state index in [1.165, 1.54) is 0 Å². The molecule has 0 spiro atoms. The Morgan fingerprint density at radius 2 is 2.18 bits per heavy atom. The average Bonchev–Trinajstić information content (AvgIpc) is 3.02. The zero-order chi connectivity index (χ0) is 20.0. The molecule has 1 aliphatic heterocycles. The van der Waals surface area contributed by atoms with Crippen molar-refractivity contribution in [2.75, 3.05) is 6.54 Å². The molecule has 1 aliphatic carbocycles. The molecule has 7 heteroatoms. The number of fused-ring (bicyclic) bond motifs is 1. The summed E-state index contributed by atoms with van der Waals surface area (Å²) in [7, 11) is 0. The largest absolute Gasteiger partial charge is 0.386 e. The predicted octanol–water partition coefficient (Wildman–Crippen LogP) is 4.05. The molecule has 0 bridgehead atoms. The van der Waals surface area contributed by atoms with Gasteiger partial charge in [0.05, 0.1) is 22.7 Å². The van der Waals surface area contributed by atoms with E-state index in [1.807, 2.05) is 36.5 Å². The summed E-state index contributed by atoms with van der Waals surface area (Å²) in [6.45, 7) is 6.57. The number of allylic oxidation sites excluding steroid dienone is 2. The van der Waals surface area contributed by atoms with E-state index in [-0.39, 0.29) is 5.25 Å². The number of nitrogens with one attached hydrogen (secondary N) is 2. The Morgan fingerprint density at radius 1 is 1.36 bits per heavy atom. The van der Waals surface area contributed by atoms with Gasteiger partial charge in [-0.15, -0.1) is 11.6 Å². The van der Waals surface area contributed by atoms with E-state index in [2.05, 4.69) is 32.9 Å². The molecule has 0 fully saturated rings. The van der Waals surface area contributed by atoms with Crippen molar-refractivity contribution in [2.24, 2.45) is 5.41 Å². The number of hydrogen-bond donors (Lipinski definition) is 3. The number of aromatic amines is 1. The Hall–Kier alpha value is -1.60. The quantitative estimate of drug-likeness (QED) is 0.520. The van der Waals surface area contributed by atoms with Crippen LogP contribution >= 0.6 is 23.5 Å². The first-order valence-corrected chi connectivity index (χ1v) is 10.7. The number of H-pyrrole nitrogens is 1. The van der Waals surface area contributed by atoms with Crippen LogP contribution in [0.25, 0.3) is 0 Å². The number of alkyl halides is 1. The highest BCUT2D eigenvalue weighted by Crippen LogP contribution is 2.61. The van der Waals surface area contributed by atoms with E-state index >= 15 is 0 Å². The Balaban J connectivity index is 1.90. The fraction of sp³-hybridized carbons (Fsp3) is 0.429. The van der Waals surface area contributed by atoms with Gasteiger partial charge in [-0.1, -0.05) is 43.2 Å². The number of nitrogens with zero attached hydrogens (tertiary/aromatic N) is 2. The molecule has 2 aromatic rings. The van der Waals surface area contributed by atoms with Crippen LogP contribution < -0.4 is 4.72 Å². The van der Waals surface area contributed by atoms with E-state index in [0.717, 1.165) is 35.5 Å². The van der Waals surface area contributed by atoms with Crippen LogP contribution in [-0.2, 0) is 11.3 Å². The first kappa shape index (κ1) is 19.7. The van der Waals surface area contributed by atoms with Crippen molar-refractivity contribution < 1.29 is 5.11 Å². The molecule has 2 aromatic heterocycles. The summed E-state index contributed by atoms with van der Waals surface area (Å²) in [6, 6.07) is 5.79. The van der Waals surface area contributed by atoms with E-state index < -0.39 is 15.9 Å². The number of aromatic nitrogens is 3. The summed E-state index contributed by atoms with van der Waals surface area (Å²) in [6.07, 6.45) is 10.7. The molecule has 4 rings (SSSR count). The molecule has 148 valence electrons. The van der Waals surface area contributed by atoms with Crippen LogP contribution in [0.15, 0.2) is 54.4 Å². The Morgan fingerprint density at radius 3 is 2.89 bits per heavy atom. The van der Waals surface area contributed by atoms with Crippen molar-refractivity contribution in [3.05, 3.63) is 71.3 Å². The summed E-state index contributed by atoms with van der Waals surface area (Å²) in [5.41, 5.74) is 2.32. The van der Waals surface area contributed by atoms with Crippen LogP contribution in [0.1, 0.15) is 43.0 Å². The maximum atomic E-state index is 10.6. The zero-order valence-electron chi connectivity index (χ0n) is 16.2. The molecule has 5 nitrogen and oxygen atoms in total. The second-order valence-electron chi connectivity index (χ2n) is 8.15. The summed E-state index contributed by atoms with van der Waals surface area (Å²) in [4.78, 5) is 3.67. The Labute approximate surface area is 174 Å². The van der Waals surface area contributed by atoms with Crippen LogP contribution in [0.5, 0.6) is 0 Å². The lowest BCUT2D eigenvalue weighted by Crippen LogP contribution is -2.44. The molecular weight excluding hydrogens is 392 g/mol. The van der Waals surface area contributed by atoms with Crippen LogP contribution in [0.3, 0.4) is 0 Å². The van der Waals surface area contributed by atoms with Gasteiger partial charge >= 0.3 is 0 Å². The third-order valence-electron chi connectivity index (χ3n) is 5.75. The lowest BCUT2D eigenvalue weighted by molar-refractivity contribution is 0.121. The van der Waals surface area contributed by atoms with Crippen LogP contribution in [0, 0.1) is 5.41 Å². The molecule has 28 heavy (non-hydrogen) atoms. The van der Waals surface area contributed by atoms with Crippen molar-refractivity contribution >= 4 is 23.5 Å². The maximum absolute atomic E-state index is 10.6. The molecule has 0 saturated carbocycles. The first-order valence-electron chi connectivity index (χ1n) is 9.42. The van der Waals surface area contributed by atoms with Crippen LogP contribution in [0.4, 0.5) is 0 Å². The highest BCUT2D eigenvalue weighted by atomic mass is 35.5. The molecule has 0 aromatic carbocycles. The van der Waals surface area contributed by atoms with Crippen LogP contribution in [0.2, 0.25) is 0 Å². The van der Waals surface area contributed by atoms with Gasteiger partial charge < -0.3 is 5.11 Å². The summed E-state index contributed by atoms with van der Waals surface area (Å²) >= 11 is 9.13. The van der Waals surface area contributed by atoms with E-state index in [0.29, 0.717) is 0 Å². The van der Waals surface area contributed by atoms with Gasteiger partial charge in [-0.25, -0.2) is 0 Å². The molecule has 3 heterocycles. The topological polar surface area (TPSA) is 73.8 Å². The lowest BCUT2D eigenvalue weighted by Gasteiger charge is -2.48. The standard InChI is InChI=1S/C21H25ClN4OS/c1-19(2,27)14-7-9-20(3,21(22,12-14)17-6-4-5-10-23-17)18-15-13-24-26-16(15)8-11-25-28-18/h4-7,9-10,12-13,18,25,27H,8,11H2,1-3H3,(H,24,26). The van der Waals surface area contributed by atoms with E-state index in [9.17, 15) is 5.11 Å². The minimum absolute atomic E-state index is 0.0131. The van der Waals surface area contributed by atoms with E-state index in [4.69, 9.17) is 11.6 Å². The molecule has 2 aliphatic rings. The fourth-order valence-electron chi connectivity index (χ4n) is 3.96. The monoisotopic (exact) mass is 416 g/mol. The number of rotatable bonds is 3. The molecule has 0 saturated heterocycles. The van der Waals surface area contributed by atoms with Crippen LogP contribution in [-0.4, -0.2) is 32.4 Å². The average molecular weight is 417 g/mol. The molecule has 0 radical (unpaired) electrons. The number of aliphatic hydroxyl groups is 1. The summed E-state index contributed by atoms with van der Waals surface area (Å²) in [5.74, 6) is 0. The second kappa shape index (κ2) is 7.02. The second-order valence-corrected chi connectivity index (χ2v) is 9.74. The van der Waals surface area contributed by atoms with Gasteiger partial charge in [-0.3, -0.25) is 14.8 Å². The molecule has 3 N–H and O–H groups in total. The van der Waals surface area contributed by atoms with Crippen molar-refractivity contribution in [2.45, 2.75) is 42.9 Å².